The summed E-state index contributed by atoms with van der Waals surface area (Å²) >= 11 is 0. The molecule has 0 radical (unpaired) electrons. The first-order chi connectivity index (χ1) is 16.9. The van der Waals surface area contributed by atoms with Gasteiger partial charge in [-0.1, -0.05) is 38.2 Å². The molecule has 0 aromatic rings. The minimum absolute atomic E-state index is 0.0124. The summed E-state index contributed by atoms with van der Waals surface area (Å²) in [5.41, 5.74) is -2.61. The van der Waals surface area contributed by atoms with Crippen molar-refractivity contribution in [3.05, 3.63) is 35.5 Å². The zero-order chi connectivity index (χ0) is 28.0. The molecule has 3 aliphatic carbocycles. The van der Waals surface area contributed by atoms with Crippen LogP contribution in [-0.2, 0) is 0 Å². The summed E-state index contributed by atoms with van der Waals surface area (Å²) in [6, 6.07) is 0. The Balaban J connectivity index is 1.73. The Morgan fingerprint density at radius 1 is 1.08 bits per heavy atom. The van der Waals surface area contributed by atoms with Crippen molar-refractivity contribution in [2.75, 3.05) is 0 Å². The smallest absolute Gasteiger partial charge is 0.393 e. The molecule has 0 aliphatic heterocycles. The van der Waals surface area contributed by atoms with Crippen LogP contribution < -0.4 is 0 Å². The predicted molar refractivity (Wildman–Crippen MR) is 126 cm³/mol. The van der Waals surface area contributed by atoms with E-state index in [0.29, 0.717) is 12.0 Å². The topological polar surface area (TPSA) is 80.9 Å². The lowest BCUT2D eigenvalue weighted by atomic mass is 9.60. The lowest BCUT2D eigenvalue weighted by molar-refractivity contribution is -0.374. The molecule has 4 nitrogen and oxygen atoms in total. The number of hydrogen-bond donors (Lipinski definition) is 4. The van der Waals surface area contributed by atoms with Crippen LogP contribution in [0, 0.1) is 23.2 Å². The first-order valence-electron chi connectivity index (χ1n) is 12.9. The molecule has 10 heteroatoms. The molecule has 212 valence electrons. The Morgan fingerprint density at radius 3 is 2.30 bits per heavy atom. The number of hydrogen-bond acceptors (Lipinski definition) is 4. The van der Waals surface area contributed by atoms with Crippen molar-refractivity contribution in [1.82, 2.24) is 0 Å². The van der Waals surface area contributed by atoms with E-state index in [4.69, 9.17) is 0 Å². The number of aliphatic hydroxyl groups excluding tert-OH is 3. The molecule has 3 saturated carbocycles. The highest BCUT2D eigenvalue weighted by molar-refractivity contribution is 5.38. The van der Waals surface area contributed by atoms with Gasteiger partial charge in [-0.3, -0.25) is 0 Å². The number of aliphatic hydroxyl groups is 4. The quantitative estimate of drug-likeness (QED) is 0.323. The van der Waals surface area contributed by atoms with Crippen LogP contribution in [0.3, 0.4) is 0 Å². The highest BCUT2D eigenvalue weighted by Gasteiger charge is 2.70. The van der Waals surface area contributed by atoms with E-state index in [2.05, 4.69) is 13.5 Å². The average Bonchev–Trinajstić information content (AvgIpc) is 3.11. The number of fused-ring (bicyclic) bond motifs is 1. The van der Waals surface area contributed by atoms with Crippen molar-refractivity contribution in [2.24, 2.45) is 23.2 Å². The van der Waals surface area contributed by atoms with Gasteiger partial charge in [-0.05, 0) is 79.3 Å². The third-order valence-electron chi connectivity index (χ3n) is 9.10. The summed E-state index contributed by atoms with van der Waals surface area (Å²) in [6.07, 6.45) is -8.72. The summed E-state index contributed by atoms with van der Waals surface area (Å²) < 4.78 is 78.4. The van der Waals surface area contributed by atoms with E-state index >= 15 is 0 Å². The van der Waals surface area contributed by atoms with Gasteiger partial charge in [0, 0.05) is 12.8 Å². The fourth-order valence-corrected chi connectivity index (χ4v) is 7.09. The molecule has 3 rings (SSSR count). The molecule has 0 aromatic heterocycles. The molecule has 0 aromatic carbocycles. The second-order valence-corrected chi connectivity index (χ2v) is 11.6. The Morgan fingerprint density at radius 2 is 1.70 bits per heavy atom. The van der Waals surface area contributed by atoms with Crippen LogP contribution in [0.1, 0.15) is 71.6 Å². The molecule has 0 saturated heterocycles. The van der Waals surface area contributed by atoms with E-state index in [9.17, 15) is 46.8 Å². The second-order valence-electron chi connectivity index (χ2n) is 11.6. The van der Waals surface area contributed by atoms with Crippen LogP contribution in [0.4, 0.5) is 26.3 Å². The summed E-state index contributed by atoms with van der Waals surface area (Å²) in [5.74, 6) is -0.185. The molecule has 0 heterocycles. The Kier molecular flexibility index (Phi) is 8.70. The highest BCUT2D eigenvalue weighted by atomic mass is 19.4. The van der Waals surface area contributed by atoms with Crippen molar-refractivity contribution in [3.63, 3.8) is 0 Å². The predicted octanol–water partition coefficient (Wildman–Crippen LogP) is 5.76. The molecule has 4 N–H and O–H groups in total. The van der Waals surface area contributed by atoms with Crippen LogP contribution in [0.5, 0.6) is 0 Å². The number of rotatable bonds is 6. The summed E-state index contributed by atoms with van der Waals surface area (Å²) in [5, 5.41) is 39.8. The molecule has 7 atom stereocenters. The standard InChI is InChI=1S/C27H38F6O4/c1-15(11-20(35)14-25(37,26(28,29)30)27(31,32)33)21-8-9-22-17(5-4-10-24(21,22)3)6-7-18-12-19(34)13-23(36)16(18)2/h6-7,15,19-23,34-37H,2,4-5,8-14H2,1,3H3/b17-6+,18-7-/t15-,19+,20+,21-,22+,23-,24-/m1/s1. The van der Waals surface area contributed by atoms with E-state index in [1.165, 1.54) is 5.57 Å². The van der Waals surface area contributed by atoms with Gasteiger partial charge in [-0.25, -0.2) is 0 Å². The molecular weight excluding hydrogens is 502 g/mol. The van der Waals surface area contributed by atoms with Crippen molar-refractivity contribution in [3.8, 4) is 0 Å². The van der Waals surface area contributed by atoms with Gasteiger partial charge in [0.1, 0.15) is 0 Å². The summed E-state index contributed by atoms with van der Waals surface area (Å²) in [6.45, 7) is 7.78. The molecule has 37 heavy (non-hydrogen) atoms. The van der Waals surface area contributed by atoms with Gasteiger partial charge in [0.05, 0.1) is 18.3 Å². The Bertz CT molecular complexity index is 894. The maximum atomic E-state index is 13.1. The summed E-state index contributed by atoms with van der Waals surface area (Å²) in [7, 11) is 0. The molecule has 0 spiro atoms. The zero-order valence-electron chi connectivity index (χ0n) is 21.2. The van der Waals surface area contributed by atoms with Crippen LogP contribution >= 0.6 is 0 Å². The molecule has 0 amide bonds. The maximum absolute atomic E-state index is 13.1. The van der Waals surface area contributed by atoms with Crippen molar-refractivity contribution < 1.29 is 46.8 Å². The van der Waals surface area contributed by atoms with Crippen molar-refractivity contribution in [1.29, 1.82) is 0 Å². The van der Waals surface area contributed by atoms with Gasteiger partial charge in [-0.2, -0.15) is 26.3 Å². The SMILES string of the molecule is C=C1/C(=C\C=C2/CCC[C@]3(C)[C@@H]([C@H](C)C[C@H](O)CC(O)(C(F)(F)F)C(F)(F)F)CC[C@@H]23)C[C@H](O)C[C@H]1O. The monoisotopic (exact) mass is 540 g/mol. The normalized spacial score (nSPS) is 35.6. The van der Waals surface area contributed by atoms with Gasteiger partial charge in [-0.15, -0.1) is 0 Å². The minimum atomic E-state index is -5.95. The van der Waals surface area contributed by atoms with E-state index < -0.39 is 42.7 Å². The van der Waals surface area contributed by atoms with Crippen LogP contribution in [0.25, 0.3) is 0 Å². The molecular formula is C27H38F6O4. The van der Waals surface area contributed by atoms with Gasteiger partial charge < -0.3 is 20.4 Å². The third-order valence-corrected chi connectivity index (χ3v) is 9.10. The van der Waals surface area contributed by atoms with E-state index in [-0.39, 0.29) is 36.0 Å². The summed E-state index contributed by atoms with van der Waals surface area (Å²) in [4.78, 5) is 0. The first kappa shape index (κ1) is 30.2. The maximum Gasteiger partial charge on any atom is 0.426 e. The number of allylic oxidation sites excluding steroid dienone is 3. The largest absolute Gasteiger partial charge is 0.426 e. The van der Waals surface area contributed by atoms with Crippen molar-refractivity contribution in [2.45, 2.75) is 108 Å². The fraction of sp³-hybridized carbons (Fsp3) is 0.778. The van der Waals surface area contributed by atoms with E-state index in [1.807, 2.05) is 12.2 Å². The van der Waals surface area contributed by atoms with Gasteiger partial charge in [0.15, 0.2) is 0 Å². The second kappa shape index (κ2) is 10.7. The Labute approximate surface area is 213 Å². The lowest BCUT2D eigenvalue weighted by Gasteiger charge is -2.45. The number of alkyl halides is 6. The number of halogens is 6. The van der Waals surface area contributed by atoms with Crippen LogP contribution in [-0.4, -0.2) is 56.7 Å². The van der Waals surface area contributed by atoms with Gasteiger partial charge in [0.2, 0.25) is 0 Å². The molecule has 3 fully saturated rings. The van der Waals surface area contributed by atoms with Crippen LogP contribution in [0.2, 0.25) is 0 Å². The fourth-order valence-electron chi connectivity index (χ4n) is 7.09. The Hall–Kier alpha value is -1.36. The molecule has 3 aliphatic rings. The van der Waals surface area contributed by atoms with Crippen molar-refractivity contribution >= 4 is 0 Å². The molecule has 0 bridgehead atoms. The molecule has 0 unspecified atom stereocenters. The van der Waals surface area contributed by atoms with Crippen LogP contribution in [0.15, 0.2) is 35.5 Å². The van der Waals surface area contributed by atoms with Gasteiger partial charge in [0.25, 0.3) is 5.60 Å². The first-order valence-corrected chi connectivity index (χ1v) is 12.9. The highest BCUT2D eigenvalue weighted by Crippen LogP contribution is 2.60. The van der Waals surface area contributed by atoms with E-state index in [1.54, 1.807) is 6.92 Å². The van der Waals surface area contributed by atoms with E-state index in [0.717, 1.165) is 37.7 Å². The van der Waals surface area contributed by atoms with Gasteiger partial charge >= 0.3 is 12.4 Å². The zero-order valence-corrected chi connectivity index (χ0v) is 21.2. The third kappa shape index (κ3) is 5.97. The lowest BCUT2D eigenvalue weighted by Crippen LogP contribution is -2.58. The average molecular weight is 541 g/mol. The minimum Gasteiger partial charge on any atom is -0.393 e.